The maximum Gasteiger partial charge on any atom is 0.314 e. The van der Waals surface area contributed by atoms with Crippen molar-refractivity contribution < 1.29 is 9.21 Å². The minimum atomic E-state index is -0.0717. The van der Waals surface area contributed by atoms with Gasteiger partial charge in [0, 0.05) is 13.1 Å². The molecule has 152 valence electrons. The van der Waals surface area contributed by atoms with Crippen molar-refractivity contribution in [2.75, 3.05) is 45.8 Å². The molecule has 1 unspecified atom stereocenters. The van der Waals surface area contributed by atoms with E-state index in [1.54, 1.807) is 6.26 Å². The number of piperidine rings is 1. The van der Waals surface area contributed by atoms with Gasteiger partial charge in [0.2, 0.25) is 0 Å². The minimum Gasteiger partial charge on any atom is -0.468 e. The number of likely N-dealkylation sites (tertiary alicyclic amines) is 2. The van der Waals surface area contributed by atoms with E-state index in [0.717, 1.165) is 50.7 Å². The Labute approximate surface area is 163 Å². The number of nitrogens with zero attached hydrogens (tertiary/aromatic N) is 2. The third-order valence-electron chi connectivity index (χ3n) is 5.97. The Morgan fingerprint density at radius 1 is 1.19 bits per heavy atom. The lowest BCUT2D eigenvalue weighted by Gasteiger charge is -2.30. The Morgan fingerprint density at radius 3 is 2.67 bits per heavy atom. The third kappa shape index (κ3) is 6.54. The first kappa shape index (κ1) is 20.2. The lowest BCUT2D eigenvalue weighted by atomic mass is 9.99. The van der Waals surface area contributed by atoms with E-state index in [2.05, 4.69) is 27.4 Å². The highest BCUT2D eigenvalue weighted by Gasteiger charge is 2.25. The number of urea groups is 1. The first-order chi connectivity index (χ1) is 13.2. The van der Waals surface area contributed by atoms with Crippen LogP contribution in [0.4, 0.5) is 4.79 Å². The van der Waals surface area contributed by atoms with Crippen molar-refractivity contribution in [1.82, 2.24) is 20.4 Å². The molecule has 3 rings (SSSR count). The van der Waals surface area contributed by atoms with Crippen molar-refractivity contribution in [3.05, 3.63) is 24.2 Å². The van der Waals surface area contributed by atoms with Crippen molar-refractivity contribution >= 4 is 6.03 Å². The third-order valence-corrected chi connectivity index (χ3v) is 5.97. The van der Waals surface area contributed by atoms with Crippen molar-refractivity contribution in [3.63, 3.8) is 0 Å². The molecule has 2 N–H and O–H groups in total. The monoisotopic (exact) mass is 376 g/mol. The molecule has 0 aromatic carbocycles. The van der Waals surface area contributed by atoms with Crippen molar-refractivity contribution in [2.24, 2.45) is 5.92 Å². The van der Waals surface area contributed by atoms with Gasteiger partial charge in [-0.05, 0) is 89.3 Å². The maximum absolute atomic E-state index is 12.2. The van der Waals surface area contributed by atoms with E-state index < -0.39 is 0 Å². The molecule has 0 bridgehead atoms. The van der Waals surface area contributed by atoms with Crippen LogP contribution in [0.15, 0.2) is 22.8 Å². The molecule has 2 amide bonds. The fourth-order valence-electron chi connectivity index (χ4n) is 4.14. The summed E-state index contributed by atoms with van der Waals surface area (Å²) in [5.41, 5.74) is 0. The van der Waals surface area contributed by atoms with Gasteiger partial charge in [-0.15, -0.1) is 0 Å². The molecule has 3 heterocycles. The molecule has 2 fully saturated rings. The average molecular weight is 377 g/mol. The summed E-state index contributed by atoms with van der Waals surface area (Å²) in [6.07, 6.45) is 8.99. The van der Waals surface area contributed by atoms with Crippen LogP contribution >= 0.6 is 0 Å². The van der Waals surface area contributed by atoms with Crippen LogP contribution in [-0.2, 0) is 0 Å². The van der Waals surface area contributed by atoms with Crippen molar-refractivity contribution in [2.45, 2.75) is 51.5 Å². The van der Waals surface area contributed by atoms with Gasteiger partial charge in [-0.1, -0.05) is 6.92 Å². The first-order valence-corrected chi connectivity index (χ1v) is 10.7. The number of furan rings is 1. The molecule has 2 aliphatic rings. The molecule has 1 atom stereocenters. The molecule has 0 radical (unpaired) electrons. The second-order valence-corrected chi connectivity index (χ2v) is 8.14. The van der Waals surface area contributed by atoms with Gasteiger partial charge < -0.3 is 20.0 Å². The quantitative estimate of drug-likeness (QED) is 0.650. The molecule has 27 heavy (non-hydrogen) atoms. The van der Waals surface area contributed by atoms with Crippen LogP contribution in [0, 0.1) is 5.92 Å². The summed E-state index contributed by atoms with van der Waals surface area (Å²) in [5, 5.41) is 6.03. The molecular formula is C21H36N4O2. The number of carbonyl (C=O) groups is 1. The number of unbranched alkanes of at least 4 members (excludes halogenated alkanes) is 1. The van der Waals surface area contributed by atoms with E-state index in [1.807, 2.05) is 12.1 Å². The average Bonchev–Trinajstić information content (AvgIpc) is 3.38. The van der Waals surface area contributed by atoms with E-state index in [0.29, 0.717) is 6.54 Å². The van der Waals surface area contributed by atoms with Crippen LogP contribution in [0.25, 0.3) is 0 Å². The molecule has 1 aromatic heterocycles. The zero-order valence-electron chi connectivity index (χ0n) is 16.8. The Kier molecular flexibility index (Phi) is 8.02. The van der Waals surface area contributed by atoms with E-state index in [9.17, 15) is 4.79 Å². The highest BCUT2D eigenvalue weighted by Crippen LogP contribution is 2.24. The fourth-order valence-corrected chi connectivity index (χ4v) is 4.14. The lowest BCUT2D eigenvalue weighted by molar-refractivity contribution is 0.189. The van der Waals surface area contributed by atoms with Crippen LogP contribution in [0.1, 0.15) is 57.3 Å². The Hall–Kier alpha value is -1.53. The van der Waals surface area contributed by atoms with Crippen LogP contribution < -0.4 is 10.6 Å². The molecule has 2 aliphatic heterocycles. The van der Waals surface area contributed by atoms with E-state index in [4.69, 9.17) is 4.42 Å². The van der Waals surface area contributed by atoms with Gasteiger partial charge in [-0.25, -0.2) is 4.79 Å². The summed E-state index contributed by atoms with van der Waals surface area (Å²) in [6, 6.07) is 3.98. The van der Waals surface area contributed by atoms with E-state index in [-0.39, 0.29) is 12.1 Å². The summed E-state index contributed by atoms with van der Waals surface area (Å²) in [5.74, 6) is 1.82. The van der Waals surface area contributed by atoms with Gasteiger partial charge in [0.1, 0.15) is 5.76 Å². The Morgan fingerprint density at radius 2 is 1.96 bits per heavy atom. The fraction of sp³-hybridized carbons (Fsp3) is 0.762. The van der Waals surface area contributed by atoms with Gasteiger partial charge in [0.15, 0.2) is 0 Å². The van der Waals surface area contributed by atoms with Crippen LogP contribution in [0.5, 0.6) is 0 Å². The smallest absolute Gasteiger partial charge is 0.314 e. The highest BCUT2D eigenvalue weighted by atomic mass is 16.3. The highest BCUT2D eigenvalue weighted by molar-refractivity contribution is 5.73. The van der Waals surface area contributed by atoms with Crippen LogP contribution in [-0.4, -0.2) is 61.6 Å². The maximum atomic E-state index is 12.2. The van der Waals surface area contributed by atoms with Crippen LogP contribution in [0.2, 0.25) is 0 Å². The molecule has 6 heteroatoms. The van der Waals surface area contributed by atoms with Crippen molar-refractivity contribution in [1.29, 1.82) is 0 Å². The number of carbonyl (C=O) groups excluding carboxylic acids is 1. The lowest BCUT2D eigenvalue weighted by Crippen LogP contribution is -2.42. The topological polar surface area (TPSA) is 60.8 Å². The second-order valence-electron chi connectivity index (χ2n) is 8.14. The SMILES string of the molecule is CC1CCN(CCCCNC(=O)NCC(c2ccco2)N2CCCC2)CC1. The molecule has 0 saturated carbocycles. The van der Waals surface area contributed by atoms with Crippen LogP contribution in [0.3, 0.4) is 0 Å². The predicted molar refractivity (Wildman–Crippen MR) is 108 cm³/mol. The van der Waals surface area contributed by atoms with E-state index in [1.165, 1.54) is 38.8 Å². The van der Waals surface area contributed by atoms with Gasteiger partial charge in [0.05, 0.1) is 12.3 Å². The molecule has 1 aromatic rings. The normalized spacial score (nSPS) is 20.6. The molecule has 2 saturated heterocycles. The number of nitrogens with one attached hydrogen (secondary N) is 2. The van der Waals surface area contributed by atoms with Gasteiger partial charge >= 0.3 is 6.03 Å². The number of hydrogen-bond acceptors (Lipinski definition) is 4. The molecule has 6 nitrogen and oxygen atoms in total. The minimum absolute atomic E-state index is 0.0717. The number of hydrogen-bond donors (Lipinski definition) is 2. The Balaban J connectivity index is 1.29. The number of rotatable bonds is 9. The largest absolute Gasteiger partial charge is 0.468 e. The summed E-state index contributed by atoms with van der Waals surface area (Å²) in [4.78, 5) is 17.1. The second kappa shape index (κ2) is 10.7. The summed E-state index contributed by atoms with van der Waals surface area (Å²) in [7, 11) is 0. The summed E-state index contributed by atoms with van der Waals surface area (Å²) >= 11 is 0. The van der Waals surface area contributed by atoms with Gasteiger partial charge in [0.25, 0.3) is 0 Å². The molecule has 0 aliphatic carbocycles. The van der Waals surface area contributed by atoms with E-state index >= 15 is 0 Å². The number of amides is 2. The van der Waals surface area contributed by atoms with Crippen molar-refractivity contribution in [3.8, 4) is 0 Å². The molecule has 0 spiro atoms. The summed E-state index contributed by atoms with van der Waals surface area (Å²) in [6.45, 7) is 9.45. The first-order valence-electron chi connectivity index (χ1n) is 10.7. The standard InChI is InChI=1S/C21H36N4O2/c1-18-8-14-24(15-9-18)11-3-2-10-22-21(26)23-17-19(20-7-6-16-27-20)25-12-4-5-13-25/h6-7,16,18-19H,2-5,8-15,17H2,1H3,(H2,22,23,26). The van der Waals surface area contributed by atoms with Gasteiger partial charge in [-0.3, -0.25) is 4.90 Å². The Bertz CT molecular complexity index is 534. The zero-order chi connectivity index (χ0) is 18.9. The molecular weight excluding hydrogens is 340 g/mol. The van der Waals surface area contributed by atoms with Gasteiger partial charge in [-0.2, -0.15) is 0 Å². The zero-order valence-corrected chi connectivity index (χ0v) is 16.8. The summed E-state index contributed by atoms with van der Waals surface area (Å²) < 4.78 is 5.60. The predicted octanol–water partition coefficient (Wildman–Crippen LogP) is 3.23.